The van der Waals surface area contributed by atoms with Gasteiger partial charge in [-0.15, -0.1) is 0 Å². The van der Waals surface area contributed by atoms with Gasteiger partial charge in [-0.2, -0.15) is 0 Å². The van der Waals surface area contributed by atoms with Crippen molar-refractivity contribution >= 4 is 11.6 Å². The molecule has 0 saturated carbocycles. The molecule has 0 N–H and O–H groups in total. The van der Waals surface area contributed by atoms with Gasteiger partial charge in [0.05, 0.1) is 7.11 Å². The molecule has 2 aromatic rings. The van der Waals surface area contributed by atoms with Crippen LogP contribution >= 0.6 is 0 Å². The van der Waals surface area contributed by atoms with Gasteiger partial charge in [0.1, 0.15) is 17.3 Å². The molecular weight excluding hydrogens is 335 g/mol. The molecular formula is C20H23FN2O3. The lowest BCUT2D eigenvalue weighted by Gasteiger charge is -2.37. The Bertz CT molecular complexity index is 743. The minimum Gasteiger partial charge on any atom is -0.497 e. The molecule has 1 fully saturated rings. The first kappa shape index (κ1) is 18.0. The number of halogens is 1. The highest BCUT2D eigenvalue weighted by molar-refractivity contribution is 5.81. The van der Waals surface area contributed by atoms with E-state index in [9.17, 15) is 9.18 Å². The molecule has 1 heterocycles. The van der Waals surface area contributed by atoms with E-state index in [1.165, 1.54) is 12.1 Å². The van der Waals surface area contributed by atoms with Crippen LogP contribution < -0.4 is 14.4 Å². The van der Waals surface area contributed by atoms with E-state index in [-0.39, 0.29) is 11.7 Å². The summed E-state index contributed by atoms with van der Waals surface area (Å²) >= 11 is 0. The van der Waals surface area contributed by atoms with Gasteiger partial charge in [-0.05, 0) is 43.3 Å². The monoisotopic (exact) mass is 358 g/mol. The van der Waals surface area contributed by atoms with E-state index >= 15 is 0 Å². The SMILES string of the molecule is COc1cccc(O[C@@H](C)C(=O)N2CCN(c3ccc(F)cc3)CC2)c1. The van der Waals surface area contributed by atoms with E-state index in [0.29, 0.717) is 37.7 Å². The van der Waals surface area contributed by atoms with Crippen LogP contribution in [0.1, 0.15) is 6.92 Å². The third-order valence-corrected chi connectivity index (χ3v) is 4.48. The van der Waals surface area contributed by atoms with E-state index in [0.717, 1.165) is 5.69 Å². The highest BCUT2D eigenvalue weighted by atomic mass is 19.1. The van der Waals surface area contributed by atoms with Crippen molar-refractivity contribution in [1.82, 2.24) is 4.90 Å². The molecule has 3 rings (SSSR count). The van der Waals surface area contributed by atoms with Crippen LogP contribution in [-0.2, 0) is 4.79 Å². The van der Waals surface area contributed by atoms with Crippen molar-refractivity contribution in [2.45, 2.75) is 13.0 Å². The molecule has 1 saturated heterocycles. The lowest BCUT2D eigenvalue weighted by atomic mass is 10.2. The summed E-state index contributed by atoms with van der Waals surface area (Å²) in [7, 11) is 1.59. The summed E-state index contributed by atoms with van der Waals surface area (Å²) in [6, 6.07) is 13.7. The van der Waals surface area contributed by atoms with Gasteiger partial charge in [0.2, 0.25) is 0 Å². The number of carbonyl (C=O) groups excluding carboxylic acids is 1. The predicted molar refractivity (Wildman–Crippen MR) is 98.3 cm³/mol. The standard InChI is InChI=1S/C20H23FN2O3/c1-15(26-19-5-3-4-18(14-19)25-2)20(24)23-12-10-22(11-13-23)17-8-6-16(21)7-9-17/h3-9,14-15H,10-13H2,1-2H3/t15-/m0/s1. The van der Waals surface area contributed by atoms with Crippen molar-refractivity contribution < 1.29 is 18.7 Å². The van der Waals surface area contributed by atoms with Gasteiger partial charge in [-0.3, -0.25) is 4.79 Å². The predicted octanol–water partition coefficient (Wildman–Crippen LogP) is 2.95. The molecule has 0 spiro atoms. The fourth-order valence-corrected chi connectivity index (χ4v) is 3.02. The summed E-state index contributed by atoms with van der Waals surface area (Å²) in [6.45, 7) is 4.41. The Labute approximate surface area is 152 Å². The number of hydrogen-bond donors (Lipinski definition) is 0. The third-order valence-electron chi connectivity index (χ3n) is 4.48. The number of benzene rings is 2. The van der Waals surface area contributed by atoms with Gasteiger partial charge in [0.15, 0.2) is 6.10 Å². The maximum Gasteiger partial charge on any atom is 0.263 e. The Hall–Kier alpha value is -2.76. The van der Waals surface area contributed by atoms with Crippen LogP contribution in [0.4, 0.5) is 10.1 Å². The summed E-state index contributed by atoms with van der Waals surface area (Å²) in [6.07, 6.45) is -0.570. The van der Waals surface area contributed by atoms with Crippen molar-refractivity contribution in [2.75, 3.05) is 38.2 Å². The second-order valence-corrected chi connectivity index (χ2v) is 6.23. The number of hydrogen-bond acceptors (Lipinski definition) is 4. The van der Waals surface area contributed by atoms with Gasteiger partial charge < -0.3 is 19.3 Å². The molecule has 6 heteroatoms. The maximum atomic E-state index is 13.0. The van der Waals surface area contributed by atoms with Crippen LogP contribution in [0.5, 0.6) is 11.5 Å². The molecule has 5 nitrogen and oxygen atoms in total. The average Bonchev–Trinajstić information content (AvgIpc) is 2.68. The van der Waals surface area contributed by atoms with Crippen LogP contribution in [0.25, 0.3) is 0 Å². The van der Waals surface area contributed by atoms with Crippen LogP contribution in [-0.4, -0.2) is 50.2 Å². The van der Waals surface area contributed by atoms with Gasteiger partial charge in [-0.25, -0.2) is 4.39 Å². The van der Waals surface area contributed by atoms with Gasteiger partial charge in [-0.1, -0.05) is 6.07 Å². The zero-order chi connectivity index (χ0) is 18.5. The number of rotatable bonds is 5. The van der Waals surface area contributed by atoms with E-state index in [1.807, 2.05) is 17.0 Å². The second kappa shape index (κ2) is 8.08. The molecule has 1 amide bonds. The highest BCUT2D eigenvalue weighted by Crippen LogP contribution is 2.21. The molecule has 1 aliphatic heterocycles. The molecule has 0 unspecified atom stereocenters. The van der Waals surface area contributed by atoms with Crippen molar-refractivity contribution in [3.05, 3.63) is 54.3 Å². The summed E-state index contributed by atoms with van der Waals surface area (Å²) in [4.78, 5) is 16.6. The van der Waals surface area contributed by atoms with Gasteiger partial charge in [0, 0.05) is 37.9 Å². The molecule has 1 atom stereocenters. The first-order valence-electron chi connectivity index (χ1n) is 8.67. The van der Waals surface area contributed by atoms with Crippen molar-refractivity contribution in [3.63, 3.8) is 0 Å². The fraction of sp³-hybridized carbons (Fsp3) is 0.350. The summed E-state index contributed by atoms with van der Waals surface area (Å²) in [5.74, 6) is 1.02. The van der Waals surface area contributed by atoms with E-state index in [2.05, 4.69) is 4.90 Å². The number of amides is 1. The van der Waals surface area contributed by atoms with Crippen LogP contribution in [0.15, 0.2) is 48.5 Å². The number of anilines is 1. The van der Waals surface area contributed by atoms with E-state index in [4.69, 9.17) is 9.47 Å². The minimum atomic E-state index is -0.570. The first-order chi connectivity index (χ1) is 12.6. The molecule has 0 radical (unpaired) electrons. The second-order valence-electron chi connectivity index (χ2n) is 6.23. The number of methoxy groups -OCH3 is 1. The molecule has 0 aromatic heterocycles. The van der Waals surface area contributed by atoms with Crippen LogP contribution in [0.3, 0.4) is 0 Å². The normalized spacial score (nSPS) is 15.5. The van der Waals surface area contributed by atoms with E-state index < -0.39 is 6.10 Å². The lowest BCUT2D eigenvalue weighted by Crippen LogP contribution is -2.52. The summed E-state index contributed by atoms with van der Waals surface area (Å²) in [5.41, 5.74) is 0.971. The molecule has 1 aliphatic rings. The molecule has 138 valence electrons. The van der Waals surface area contributed by atoms with Crippen molar-refractivity contribution in [2.24, 2.45) is 0 Å². The Balaban J connectivity index is 1.54. The van der Waals surface area contributed by atoms with Crippen LogP contribution in [0, 0.1) is 5.82 Å². The third kappa shape index (κ3) is 4.25. The number of piperazine rings is 1. The Morgan fingerprint density at radius 3 is 2.35 bits per heavy atom. The molecule has 0 bridgehead atoms. The van der Waals surface area contributed by atoms with Crippen molar-refractivity contribution in [3.8, 4) is 11.5 Å². The Morgan fingerprint density at radius 2 is 1.69 bits per heavy atom. The minimum absolute atomic E-state index is 0.0356. The summed E-state index contributed by atoms with van der Waals surface area (Å²) < 4.78 is 24.0. The van der Waals surface area contributed by atoms with Gasteiger partial charge >= 0.3 is 0 Å². The fourth-order valence-electron chi connectivity index (χ4n) is 3.02. The maximum absolute atomic E-state index is 13.0. The molecule has 2 aromatic carbocycles. The van der Waals surface area contributed by atoms with E-state index in [1.54, 1.807) is 38.3 Å². The highest BCUT2D eigenvalue weighted by Gasteiger charge is 2.26. The Morgan fingerprint density at radius 1 is 1.04 bits per heavy atom. The van der Waals surface area contributed by atoms with Gasteiger partial charge in [0.25, 0.3) is 5.91 Å². The largest absolute Gasteiger partial charge is 0.497 e. The number of ether oxygens (including phenoxy) is 2. The zero-order valence-corrected chi connectivity index (χ0v) is 15.0. The Kier molecular flexibility index (Phi) is 5.61. The molecule has 0 aliphatic carbocycles. The number of carbonyl (C=O) groups is 1. The zero-order valence-electron chi connectivity index (χ0n) is 15.0. The topological polar surface area (TPSA) is 42.0 Å². The number of nitrogens with zero attached hydrogens (tertiary/aromatic N) is 2. The lowest BCUT2D eigenvalue weighted by molar-refractivity contribution is -0.138. The molecule has 26 heavy (non-hydrogen) atoms. The van der Waals surface area contributed by atoms with Crippen molar-refractivity contribution in [1.29, 1.82) is 0 Å². The average molecular weight is 358 g/mol. The van der Waals surface area contributed by atoms with Crippen LogP contribution in [0.2, 0.25) is 0 Å². The summed E-state index contributed by atoms with van der Waals surface area (Å²) in [5, 5.41) is 0. The smallest absolute Gasteiger partial charge is 0.263 e. The quantitative estimate of drug-likeness (QED) is 0.824. The first-order valence-corrected chi connectivity index (χ1v) is 8.67.